The van der Waals surface area contributed by atoms with E-state index in [1.165, 1.54) is 103 Å². The molecule has 0 heterocycles. The lowest BCUT2D eigenvalue weighted by molar-refractivity contribution is -0.150. The number of esters is 1. The van der Waals surface area contributed by atoms with Gasteiger partial charge in [-0.1, -0.05) is 109 Å². The SMILES string of the molecule is CCCCCCCCC(CCCCCCCC)OC(=O)CCCCCCCNCCCNSC. The number of ether oxygens (including phenoxy) is 1. The second kappa shape index (κ2) is 29.0. The van der Waals surface area contributed by atoms with E-state index in [1.54, 1.807) is 11.9 Å². The number of unbranched alkanes of at least 4 members (excludes halogenated alkanes) is 14. The van der Waals surface area contributed by atoms with Crippen LogP contribution in [-0.2, 0) is 9.53 Å². The van der Waals surface area contributed by atoms with E-state index in [-0.39, 0.29) is 12.1 Å². The summed E-state index contributed by atoms with van der Waals surface area (Å²) in [6, 6.07) is 0. The Morgan fingerprint density at radius 1 is 0.647 bits per heavy atom. The van der Waals surface area contributed by atoms with Gasteiger partial charge in [-0.15, -0.1) is 0 Å². The van der Waals surface area contributed by atoms with Gasteiger partial charge < -0.3 is 10.1 Å². The molecule has 0 aromatic rings. The van der Waals surface area contributed by atoms with Gasteiger partial charge in [-0.2, -0.15) is 0 Å². The Bertz CT molecular complexity index is 394. The van der Waals surface area contributed by atoms with E-state index in [4.69, 9.17) is 4.74 Å². The quantitative estimate of drug-likeness (QED) is 0.0640. The highest BCUT2D eigenvalue weighted by Crippen LogP contribution is 2.18. The molecular weight excluding hydrogens is 440 g/mol. The second-order valence-corrected chi connectivity index (χ2v) is 10.6. The molecule has 0 atom stereocenters. The lowest BCUT2D eigenvalue weighted by Gasteiger charge is -2.18. The first-order valence-electron chi connectivity index (χ1n) is 14.9. The van der Waals surface area contributed by atoms with Crippen LogP contribution in [0.25, 0.3) is 0 Å². The number of carbonyl (C=O) groups excluding carboxylic acids is 1. The molecule has 0 bridgehead atoms. The third kappa shape index (κ3) is 26.3. The standard InChI is InChI=1S/C29H60N2O2S/c1-4-6-8-10-13-17-22-28(23-18-14-11-9-7-5-2)33-29(32)24-19-15-12-16-20-25-30-26-21-27-31-34-3/h28,30-31H,4-27H2,1-3H3. The zero-order valence-corrected chi connectivity index (χ0v) is 24.1. The van der Waals surface area contributed by atoms with Crippen molar-refractivity contribution in [3.8, 4) is 0 Å². The van der Waals surface area contributed by atoms with Crippen LogP contribution in [0.1, 0.15) is 149 Å². The third-order valence-corrected chi connectivity index (χ3v) is 7.06. The van der Waals surface area contributed by atoms with Crippen molar-refractivity contribution in [1.82, 2.24) is 10.0 Å². The van der Waals surface area contributed by atoms with E-state index in [0.717, 1.165) is 45.3 Å². The highest BCUT2D eigenvalue weighted by atomic mass is 32.2. The third-order valence-electron chi connectivity index (χ3n) is 6.57. The van der Waals surface area contributed by atoms with Gasteiger partial charge in [0.25, 0.3) is 0 Å². The second-order valence-electron chi connectivity index (χ2n) is 9.94. The Morgan fingerprint density at radius 3 is 1.74 bits per heavy atom. The van der Waals surface area contributed by atoms with Crippen LogP contribution in [-0.4, -0.2) is 38.0 Å². The molecule has 4 nitrogen and oxygen atoms in total. The molecule has 0 fully saturated rings. The predicted octanol–water partition coefficient (Wildman–Crippen LogP) is 8.59. The van der Waals surface area contributed by atoms with E-state index in [1.807, 2.05) is 0 Å². The van der Waals surface area contributed by atoms with Crippen LogP contribution >= 0.6 is 11.9 Å². The minimum Gasteiger partial charge on any atom is -0.462 e. The smallest absolute Gasteiger partial charge is 0.306 e. The Labute approximate surface area is 218 Å². The first-order valence-corrected chi connectivity index (χ1v) is 16.1. The van der Waals surface area contributed by atoms with Gasteiger partial charge in [-0.3, -0.25) is 9.52 Å². The largest absolute Gasteiger partial charge is 0.462 e. The van der Waals surface area contributed by atoms with Crippen molar-refractivity contribution in [1.29, 1.82) is 0 Å². The number of rotatable bonds is 28. The molecule has 0 amide bonds. The molecule has 0 saturated carbocycles. The minimum absolute atomic E-state index is 0.0440. The zero-order chi connectivity index (χ0) is 25.0. The fourth-order valence-electron chi connectivity index (χ4n) is 4.37. The first kappa shape index (κ1) is 33.7. The monoisotopic (exact) mass is 500 g/mol. The van der Waals surface area contributed by atoms with Crippen molar-refractivity contribution < 1.29 is 9.53 Å². The average molecular weight is 501 g/mol. The molecule has 0 radical (unpaired) electrons. The van der Waals surface area contributed by atoms with Crippen LogP contribution in [0, 0.1) is 0 Å². The molecule has 204 valence electrons. The molecule has 0 saturated heterocycles. The summed E-state index contributed by atoms with van der Waals surface area (Å²) in [5, 5.41) is 3.51. The van der Waals surface area contributed by atoms with Crippen LogP contribution in [0.5, 0.6) is 0 Å². The van der Waals surface area contributed by atoms with E-state index in [9.17, 15) is 4.79 Å². The summed E-state index contributed by atoms with van der Waals surface area (Å²) in [6.45, 7) is 7.81. The summed E-state index contributed by atoms with van der Waals surface area (Å²) in [5.41, 5.74) is 0. The van der Waals surface area contributed by atoms with Crippen LogP contribution in [0.4, 0.5) is 0 Å². The number of hydrogen-bond acceptors (Lipinski definition) is 5. The summed E-state index contributed by atoms with van der Waals surface area (Å²) in [7, 11) is 0. The van der Waals surface area contributed by atoms with Crippen molar-refractivity contribution in [2.75, 3.05) is 25.9 Å². The summed E-state index contributed by atoms with van der Waals surface area (Å²) >= 11 is 1.69. The molecule has 2 N–H and O–H groups in total. The molecule has 5 heteroatoms. The van der Waals surface area contributed by atoms with Gasteiger partial charge in [-0.25, -0.2) is 0 Å². The average Bonchev–Trinajstić information content (AvgIpc) is 2.83. The zero-order valence-electron chi connectivity index (χ0n) is 23.3. The van der Waals surface area contributed by atoms with Gasteiger partial charge in [-0.05, 0) is 64.3 Å². The molecule has 34 heavy (non-hydrogen) atoms. The van der Waals surface area contributed by atoms with E-state index < -0.39 is 0 Å². The Hall–Kier alpha value is -0.260. The Kier molecular flexibility index (Phi) is 28.8. The molecule has 0 aliphatic carbocycles. The van der Waals surface area contributed by atoms with Crippen LogP contribution in [0.3, 0.4) is 0 Å². The van der Waals surface area contributed by atoms with Crippen LogP contribution in [0.15, 0.2) is 0 Å². The van der Waals surface area contributed by atoms with E-state index in [0.29, 0.717) is 6.42 Å². The topological polar surface area (TPSA) is 50.4 Å². The molecule has 0 spiro atoms. The number of hydrogen-bond donors (Lipinski definition) is 2. The van der Waals surface area contributed by atoms with Crippen molar-refractivity contribution in [2.45, 2.75) is 155 Å². The van der Waals surface area contributed by atoms with E-state index >= 15 is 0 Å². The van der Waals surface area contributed by atoms with Crippen molar-refractivity contribution in [3.63, 3.8) is 0 Å². The normalized spacial score (nSPS) is 11.4. The maximum Gasteiger partial charge on any atom is 0.306 e. The highest BCUT2D eigenvalue weighted by molar-refractivity contribution is 7.96. The molecule has 0 rings (SSSR count). The summed E-state index contributed by atoms with van der Waals surface area (Å²) in [5.74, 6) is 0.0440. The maximum absolute atomic E-state index is 12.4. The number of carbonyl (C=O) groups is 1. The van der Waals surface area contributed by atoms with Gasteiger partial charge in [0.1, 0.15) is 6.10 Å². The summed E-state index contributed by atoms with van der Waals surface area (Å²) in [6.07, 6.45) is 27.6. The number of nitrogens with one attached hydrogen (secondary N) is 2. The Morgan fingerprint density at radius 2 is 1.15 bits per heavy atom. The minimum atomic E-state index is 0.0440. The first-order chi connectivity index (χ1) is 16.7. The van der Waals surface area contributed by atoms with Gasteiger partial charge in [0, 0.05) is 13.0 Å². The van der Waals surface area contributed by atoms with Crippen LogP contribution < -0.4 is 10.0 Å². The predicted molar refractivity (Wildman–Crippen MR) is 153 cm³/mol. The molecule has 0 aromatic carbocycles. The molecular formula is C29H60N2O2S. The van der Waals surface area contributed by atoms with Crippen molar-refractivity contribution >= 4 is 17.9 Å². The van der Waals surface area contributed by atoms with Gasteiger partial charge >= 0.3 is 5.97 Å². The van der Waals surface area contributed by atoms with Gasteiger partial charge in [0.05, 0.1) is 0 Å². The lowest BCUT2D eigenvalue weighted by Crippen LogP contribution is -2.20. The summed E-state index contributed by atoms with van der Waals surface area (Å²) in [4.78, 5) is 12.4. The van der Waals surface area contributed by atoms with Gasteiger partial charge in [0.15, 0.2) is 0 Å². The highest BCUT2D eigenvalue weighted by Gasteiger charge is 2.14. The fourth-order valence-corrected chi connectivity index (χ4v) is 4.72. The van der Waals surface area contributed by atoms with Gasteiger partial charge in [0.2, 0.25) is 0 Å². The summed E-state index contributed by atoms with van der Waals surface area (Å²) < 4.78 is 9.22. The molecule has 0 aliphatic heterocycles. The Balaban J connectivity index is 3.86. The molecule has 0 unspecified atom stereocenters. The van der Waals surface area contributed by atoms with Crippen molar-refractivity contribution in [2.24, 2.45) is 0 Å². The van der Waals surface area contributed by atoms with Crippen molar-refractivity contribution in [3.05, 3.63) is 0 Å². The van der Waals surface area contributed by atoms with E-state index in [2.05, 4.69) is 30.1 Å². The molecule has 0 aromatic heterocycles. The lowest BCUT2D eigenvalue weighted by atomic mass is 10.0. The van der Waals surface area contributed by atoms with Crippen LogP contribution in [0.2, 0.25) is 0 Å². The maximum atomic E-state index is 12.4. The fraction of sp³-hybridized carbons (Fsp3) is 0.966. The molecule has 0 aliphatic rings.